The quantitative estimate of drug-likeness (QED) is 0.489. The SMILES string of the molecule is CC(CCCNC(=O)C1(NC(=O)OCC2c3ccccc3-c3ccccc32)CCOC1)C(=O)O. The molecule has 2 aromatic carbocycles. The second kappa shape index (κ2) is 10.3. The highest BCUT2D eigenvalue weighted by Crippen LogP contribution is 2.44. The van der Waals surface area contributed by atoms with Gasteiger partial charge in [0, 0.05) is 25.5 Å². The Bertz CT molecular complexity index is 1020. The van der Waals surface area contributed by atoms with Crippen LogP contribution in [-0.4, -0.2) is 55.0 Å². The molecule has 2 atom stereocenters. The zero-order chi connectivity index (χ0) is 24.1. The maximum atomic E-state index is 12.9. The van der Waals surface area contributed by atoms with E-state index in [0.29, 0.717) is 32.4 Å². The zero-order valence-electron chi connectivity index (χ0n) is 19.2. The van der Waals surface area contributed by atoms with Crippen LogP contribution in [0.1, 0.15) is 43.2 Å². The number of benzene rings is 2. The van der Waals surface area contributed by atoms with Crippen molar-refractivity contribution in [2.75, 3.05) is 26.4 Å². The Morgan fingerprint density at radius 1 is 1.12 bits per heavy atom. The van der Waals surface area contributed by atoms with Crippen molar-refractivity contribution in [3.63, 3.8) is 0 Å². The number of carboxylic acid groups (broad SMARTS) is 1. The van der Waals surface area contributed by atoms with Crippen LogP contribution in [0.25, 0.3) is 11.1 Å². The first-order chi connectivity index (χ1) is 16.4. The predicted octanol–water partition coefficient (Wildman–Crippen LogP) is 3.30. The average Bonchev–Trinajstić information content (AvgIpc) is 3.43. The molecule has 0 saturated carbocycles. The van der Waals surface area contributed by atoms with E-state index in [2.05, 4.69) is 22.8 Å². The van der Waals surface area contributed by atoms with Crippen molar-refractivity contribution in [3.05, 3.63) is 59.7 Å². The molecule has 1 aliphatic heterocycles. The summed E-state index contributed by atoms with van der Waals surface area (Å²) in [6.07, 6.45) is 0.663. The van der Waals surface area contributed by atoms with Crippen molar-refractivity contribution >= 4 is 18.0 Å². The molecule has 2 amide bonds. The van der Waals surface area contributed by atoms with Crippen LogP contribution in [0.15, 0.2) is 48.5 Å². The number of fused-ring (bicyclic) bond motifs is 3. The Balaban J connectivity index is 1.35. The van der Waals surface area contributed by atoms with Gasteiger partial charge in [0.1, 0.15) is 12.1 Å². The number of hydrogen-bond acceptors (Lipinski definition) is 5. The molecule has 8 heteroatoms. The fourth-order valence-electron chi connectivity index (χ4n) is 4.63. The van der Waals surface area contributed by atoms with Gasteiger partial charge in [-0.3, -0.25) is 9.59 Å². The lowest BCUT2D eigenvalue weighted by atomic mass is 9.97. The molecule has 1 aliphatic carbocycles. The molecule has 2 aliphatic rings. The van der Waals surface area contributed by atoms with Crippen LogP contribution >= 0.6 is 0 Å². The van der Waals surface area contributed by atoms with Crippen LogP contribution in [-0.2, 0) is 19.1 Å². The molecule has 1 saturated heterocycles. The summed E-state index contributed by atoms with van der Waals surface area (Å²) < 4.78 is 11.0. The maximum absolute atomic E-state index is 12.9. The number of alkyl carbamates (subject to hydrolysis) is 1. The Morgan fingerprint density at radius 3 is 2.35 bits per heavy atom. The first-order valence-corrected chi connectivity index (χ1v) is 11.6. The van der Waals surface area contributed by atoms with Gasteiger partial charge in [0.05, 0.1) is 12.5 Å². The molecule has 3 N–H and O–H groups in total. The predicted molar refractivity (Wildman–Crippen MR) is 125 cm³/mol. The number of rotatable bonds is 9. The van der Waals surface area contributed by atoms with Gasteiger partial charge >= 0.3 is 12.1 Å². The number of nitrogens with one attached hydrogen (secondary N) is 2. The first-order valence-electron chi connectivity index (χ1n) is 11.6. The fraction of sp³-hybridized carbons (Fsp3) is 0.423. The van der Waals surface area contributed by atoms with Gasteiger partial charge in [-0.05, 0) is 35.1 Å². The highest BCUT2D eigenvalue weighted by atomic mass is 16.6. The normalized spacial score (nSPS) is 19.7. The van der Waals surface area contributed by atoms with E-state index in [1.54, 1.807) is 6.92 Å². The third-order valence-corrected chi connectivity index (χ3v) is 6.66. The van der Waals surface area contributed by atoms with Gasteiger partial charge in [0.2, 0.25) is 5.91 Å². The fourth-order valence-corrected chi connectivity index (χ4v) is 4.63. The molecule has 1 fully saturated rings. The van der Waals surface area contributed by atoms with Gasteiger partial charge in [-0.25, -0.2) is 4.79 Å². The molecule has 34 heavy (non-hydrogen) atoms. The van der Waals surface area contributed by atoms with Crippen LogP contribution in [0.3, 0.4) is 0 Å². The lowest BCUT2D eigenvalue weighted by molar-refractivity contribution is -0.141. The number of hydrogen-bond donors (Lipinski definition) is 3. The largest absolute Gasteiger partial charge is 0.481 e. The van der Waals surface area contributed by atoms with Crippen LogP contribution in [0, 0.1) is 5.92 Å². The molecule has 0 aromatic heterocycles. The number of ether oxygens (including phenoxy) is 2. The molecule has 8 nitrogen and oxygen atoms in total. The minimum Gasteiger partial charge on any atom is -0.481 e. The van der Waals surface area contributed by atoms with Gasteiger partial charge in [-0.15, -0.1) is 0 Å². The summed E-state index contributed by atoms with van der Waals surface area (Å²) in [5.41, 5.74) is 3.32. The van der Waals surface area contributed by atoms with Gasteiger partial charge in [0.15, 0.2) is 0 Å². The summed E-state index contributed by atoms with van der Waals surface area (Å²) in [6.45, 7) is 2.53. The lowest BCUT2D eigenvalue weighted by Crippen LogP contribution is -2.59. The summed E-state index contributed by atoms with van der Waals surface area (Å²) in [5.74, 6) is -1.75. The van der Waals surface area contributed by atoms with Crippen LogP contribution in [0.4, 0.5) is 4.79 Å². The van der Waals surface area contributed by atoms with Crippen molar-refractivity contribution < 1.29 is 29.0 Å². The van der Waals surface area contributed by atoms with E-state index >= 15 is 0 Å². The maximum Gasteiger partial charge on any atom is 0.408 e. The third-order valence-electron chi connectivity index (χ3n) is 6.66. The van der Waals surface area contributed by atoms with Gasteiger partial charge < -0.3 is 25.2 Å². The van der Waals surface area contributed by atoms with Crippen molar-refractivity contribution in [1.82, 2.24) is 10.6 Å². The molecule has 0 bridgehead atoms. The number of aliphatic carboxylic acids is 1. The monoisotopic (exact) mass is 466 g/mol. The van der Waals surface area contributed by atoms with Crippen molar-refractivity contribution in [3.8, 4) is 11.1 Å². The van der Waals surface area contributed by atoms with Gasteiger partial charge in [-0.1, -0.05) is 55.5 Å². The van der Waals surface area contributed by atoms with E-state index in [-0.39, 0.29) is 25.0 Å². The first kappa shape index (κ1) is 23.8. The van der Waals surface area contributed by atoms with E-state index in [1.165, 1.54) is 0 Å². The molecule has 2 aromatic rings. The molecule has 180 valence electrons. The smallest absolute Gasteiger partial charge is 0.408 e. The molecular formula is C26H30N2O6. The van der Waals surface area contributed by atoms with Gasteiger partial charge in [-0.2, -0.15) is 0 Å². The van der Waals surface area contributed by atoms with Crippen molar-refractivity contribution in [2.24, 2.45) is 5.92 Å². The molecule has 0 radical (unpaired) electrons. The highest BCUT2D eigenvalue weighted by molar-refractivity contribution is 5.90. The zero-order valence-corrected chi connectivity index (χ0v) is 19.2. The minimum atomic E-state index is -1.19. The van der Waals surface area contributed by atoms with Crippen molar-refractivity contribution in [2.45, 2.75) is 37.6 Å². The third kappa shape index (κ3) is 4.92. The van der Waals surface area contributed by atoms with Crippen LogP contribution in [0.2, 0.25) is 0 Å². The molecule has 1 heterocycles. The summed E-state index contributed by atoms with van der Waals surface area (Å²) in [7, 11) is 0. The van der Waals surface area contributed by atoms with E-state index in [1.807, 2.05) is 36.4 Å². The topological polar surface area (TPSA) is 114 Å². The number of amides is 2. The Morgan fingerprint density at radius 2 is 1.76 bits per heavy atom. The van der Waals surface area contributed by atoms with E-state index in [9.17, 15) is 14.4 Å². The number of carboxylic acids is 1. The van der Waals surface area contributed by atoms with Crippen LogP contribution in [0.5, 0.6) is 0 Å². The van der Waals surface area contributed by atoms with Gasteiger partial charge in [0.25, 0.3) is 0 Å². The second-order valence-electron chi connectivity index (χ2n) is 8.97. The highest BCUT2D eigenvalue weighted by Gasteiger charge is 2.44. The number of carbonyl (C=O) groups excluding carboxylic acids is 2. The molecular weight excluding hydrogens is 436 g/mol. The summed E-state index contributed by atoms with van der Waals surface area (Å²) >= 11 is 0. The Labute approximate surface area is 198 Å². The van der Waals surface area contributed by atoms with E-state index in [4.69, 9.17) is 14.6 Å². The van der Waals surface area contributed by atoms with E-state index in [0.717, 1.165) is 22.3 Å². The minimum absolute atomic E-state index is 0.0640. The van der Waals surface area contributed by atoms with Crippen LogP contribution < -0.4 is 10.6 Å². The van der Waals surface area contributed by atoms with E-state index < -0.39 is 23.5 Å². The Hall–Kier alpha value is -3.39. The second-order valence-corrected chi connectivity index (χ2v) is 8.97. The summed E-state index contributed by atoms with van der Waals surface area (Å²) in [5, 5.41) is 14.5. The molecule has 0 spiro atoms. The lowest BCUT2D eigenvalue weighted by Gasteiger charge is -2.27. The van der Waals surface area contributed by atoms with Crippen molar-refractivity contribution in [1.29, 1.82) is 0 Å². The molecule has 2 unspecified atom stereocenters. The molecule has 4 rings (SSSR count). The number of carbonyl (C=O) groups is 3. The Kier molecular flexibility index (Phi) is 7.17. The average molecular weight is 467 g/mol. The summed E-state index contributed by atoms with van der Waals surface area (Å²) in [4.78, 5) is 36.6. The summed E-state index contributed by atoms with van der Waals surface area (Å²) in [6, 6.07) is 16.2. The standard InChI is InChI=1S/C26H30N2O6/c1-17(23(29)30)7-6-13-27-24(31)26(12-14-33-16-26)28-25(32)34-15-22-20-10-4-2-8-18(20)19-9-3-5-11-21(19)22/h2-5,8-11,17,22H,6-7,12-16H2,1H3,(H,27,31)(H,28,32)(H,29,30).